The van der Waals surface area contributed by atoms with Crippen molar-refractivity contribution in [2.75, 3.05) is 7.11 Å². The molecule has 0 heterocycles. The lowest BCUT2D eigenvalue weighted by Crippen LogP contribution is -2.53. The van der Waals surface area contributed by atoms with Gasteiger partial charge in [-0.2, -0.15) is 0 Å². The zero-order valence-corrected chi connectivity index (χ0v) is 17.7. The molecule has 154 valence electrons. The van der Waals surface area contributed by atoms with Crippen molar-refractivity contribution in [1.29, 1.82) is 0 Å². The van der Waals surface area contributed by atoms with Gasteiger partial charge in [-0.25, -0.2) is 9.18 Å². The summed E-state index contributed by atoms with van der Waals surface area (Å²) in [5, 5.41) is 5.19. The zero-order valence-electron chi connectivity index (χ0n) is 16.1. The first kappa shape index (κ1) is 22.5. The number of methoxy groups -OCH3 is 1. The number of carbonyl (C=O) groups excluding carboxylic acids is 3. The summed E-state index contributed by atoms with van der Waals surface area (Å²) in [6.45, 7) is 1.28. The highest BCUT2D eigenvalue weighted by Crippen LogP contribution is 2.13. The maximum Gasteiger partial charge on any atom is 0.328 e. The Morgan fingerprint density at radius 2 is 1.66 bits per heavy atom. The highest BCUT2D eigenvalue weighted by molar-refractivity contribution is 9.10. The van der Waals surface area contributed by atoms with Crippen molar-refractivity contribution in [3.05, 3.63) is 69.9 Å². The van der Waals surface area contributed by atoms with Crippen molar-refractivity contribution in [3.63, 3.8) is 0 Å². The number of nitrogens with one attached hydrogen (secondary N) is 2. The van der Waals surface area contributed by atoms with E-state index in [4.69, 9.17) is 4.74 Å². The molecule has 0 saturated carbocycles. The number of hydrogen-bond donors (Lipinski definition) is 2. The average molecular weight is 465 g/mol. The van der Waals surface area contributed by atoms with Crippen LogP contribution in [-0.2, 0) is 32.0 Å². The van der Waals surface area contributed by atoms with Crippen molar-refractivity contribution >= 4 is 33.7 Å². The summed E-state index contributed by atoms with van der Waals surface area (Å²) in [7, 11) is 1.24. The third kappa shape index (κ3) is 7.30. The van der Waals surface area contributed by atoms with E-state index in [9.17, 15) is 18.8 Å². The van der Waals surface area contributed by atoms with E-state index in [0.29, 0.717) is 5.56 Å². The Balaban J connectivity index is 2.16. The van der Waals surface area contributed by atoms with Crippen LogP contribution in [0.2, 0.25) is 0 Å². The number of benzene rings is 2. The summed E-state index contributed by atoms with van der Waals surface area (Å²) in [6, 6.07) is 11.2. The Labute approximate surface area is 177 Å². The molecule has 0 saturated heterocycles. The first-order valence-electron chi connectivity index (χ1n) is 8.92. The Kier molecular flexibility index (Phi) is 8.33. The number of amides is 2. The molecule has 2 atom stereocenters. The van der Waals surface area contributed by atoms with Gasteiger partial charge in [-0.1, -0.05) is 40.2 Å². The fraction of sp³-hybridized carbons (Fsp3) is 0.286. The van der Waals surface area contributed by atoms with E-state index in [1.165, 1.54) is 32.2 Å². The lowest BCUT2D eigenvalue weighted by atomic mass is 10.0. The Morgan fingerprint density at radius 3 is 2.24 bits per heavy atom. The fourth-order valence-corrected chi connectivity index (χ4v) is 3.08. The molecule has 6 nitrogen and oxygen atoms in total. The van der Waals surface area contributed by atoms with Crippen LogP contribution in [0.1, 0.15) is 18.1 Å². The lowest BCUT2D eigenvalue weighted by molar-refractivity contribution is -0.145. The first-order chi connectivity index (χ1) is 13.8. The molecule has 2 aromatic rings. The number of ether oxygens (including phenoxy) is 1. The average Bonchev–Trinajstić information content (AvgIpc) is 2.67. The number of rotatable bonds is 8. The monoisotopic (exact) mass is 464 g/mol. The Hall–Kier alpha value is -2.74. The molecule has 8 heteroatoms. The molecular weight excluding hydrogens is 443 g/mol. The molecule has 0 bridgehead atoms. The van der Waals surface area contributed by atoms with Gasteiger partial charge in [0, 0.05) is 24.2 Å². The summed E-state index contributed by atoms with van der Waals surface area (Å²) >= 11 is 3.34. The highest BCUT2D eigenvalue weighted by Gasteiger charge is 2.27. The van der Waals surface area contributed by atoms with E-state index < -0.39 is 35.7 Å². The second kappa shape index (κ2) is 10.7. The van der Waals surface area contributed by atoms with E-state index in [-0.39, 0.29) is 12.8 Å². The second-order valence-corrected chi connectivity index (χ2v) is 7.42. The number of esters is 1. The van der Waals surface area contributed by atoms with Crippen LogP contribution in [-0.4, -0.2) is 37.0 Å². The predicted octanol–water partition coefficient (Wildman–Crippen LogP) is 2.54. The molecule has 0 aliphatic carbocycles. The van der Waals surface area contributed by atoms with Crippen LogP contribution in [0.4, 0.5) is 4.39 Å². The van der Waals surface area contributed by atoms with Gasteiger partial charge in [0.15, 0.2) is 0 Å². The van der Waals surface area contributed by atoms with Gasteiger partial charge >= 0.3 is 5.97 Å². The topological polar surface area (TPSA) is 84.5 Å². The van der Waals surface area contributed by atoms with E-state index in [2.05, 4.69) is 26.6 Å². The van der Waals surface area contributed by atoms with Gasteiger partial charge in [0.1, 0.15) is 17.9 Å². The maximum absolute atomic E-state index is 13.5. The first-order valence-corrected chi connectivity index (χ1v) is 9.72. The minimum Gasteiger partial charge on any atom is -0.467 e. The molecule has 2 amide bonds. The zero-order chi connectivity index (χ0) is 21.4. The van der Waals surface area contributed by atoms with Crippen molar-refractivity contribution in [3.8, 4) is 0 Å². The van der Waals surface area contributed by atoms with Gasteiger partial charge in [-0.05, 0) is 35.4 Å². The Bertz CT molecular complexity index is 873. The normalized spacial score (nSPS) is 12.6. The van der Waals surface area contributed by atoms with Crippen molar-refractivity contribution in [2.45, 2.75) is 31.8 Å². The standard InChI is InChI=1S/C21H22BrFN2O4/c1-13(26)24-18(12-15-4-3-5-17(23)10-15)20(27)25-19(21(28)29-2)11-14-6-8-16(22)9-7-14/h3-10,18-19H,11-12H2,1-2H3,(H,24,26)(H,25,27)/t18-,19-/m1/s1. The van der Waals surface area contributed by atoms with Crippen LogP contribution in [0.25, 0.3) is 0 Å². The molecule has 0 unspecified atom stereocenters. The minimum absolute atomic E-state index is 0.0787. The van der Waals surface area contributed by atoms with Gasteiger partial charge in [-0.3, -0.25) is 9.59 Å². The van der Waals surface area contributed by atoms with Crippen molar-refractivity contribution < 1.29 is 23.5 Å². The van der Waals surface area contributed by atoms with Crippen molar-refractivity contribution in [2.24, 2.45) is 0 Å². The molecule has 2 rings (SSSR count). The van der Waals surface area contributed by atoms with Crippen LogP contribution in [0.15, 0.2) is 53.0 Å². The summed E-state index contributed by atoms with van der Waals surface area (Å²) < 4.78 is 19.2. The maximum atomic E-state index is 13.5. The quantitative estimate of drug-likeness (QED) is 0.587. The van der Waals surface area contributed by atoms with E-state index in [0.717, 1.165) is 10.0 Å². The predicted molar refractivity (Wildman–Crippen MR) is 110 cm³/mol. The number of carbonyl (C=O) groups is 3. The van der Waals surface area contributed by atoms with Gasteiger partial charge in [0.05, 0.1) is 7.11 Å². The third-order valence-electron chi connectivity index (χ3n) is 4.18. The molecule has 2 aromatic carbocycles. The summed E-state index contributed by atoms with van der Waals surface area (Å²) in [6.07, 6.45) is 0.299. The summed E-state index contributed by atoms with van der Waals surface area (Å²) in [4.78, 5) is 36.5. The Morgan fingerprint density at radius 1 is 1.00 bits per heavy atom. The second-order valence-electron chi connectivity index (χ2n) is 6.50. The van der Waals surface area contributed by atoms with Gasteiger partial charge in [0.2, 0.25) is 11.8 Å². The van der Waals surface area contributed by atoms with Gasteiger partial charge in [-0.15, -0.1) is 0 Å². The molecule has 29 heavy (non-hydrogen) atoms. The van der Waals surface area contributed by atoms with Crippen molar-refractivity contribution in [1.82, 2.24) is 10.6 Å². The molecule has 0 aliphatic heterocycles. The van der Waals surface area contributed by atoms with Gasteiger partial charge < -0.3 is 15.4 Å². The third-order valence-corrected chi connectivity index (χ3v) is 4.71. The van der Waals surface area contributed by atoms with Gasteiger partial charge in [0.25, 0.3) is 0 Å². The molecule has 0 aromatic heterocycles. The largest absolute Gasteiger partial charge is 0.467 e. The van der Waals surface area contributed by atoms with Crippen LogP contribution in [0, 0.1) is 5.82 Å². The SMILES string of the molecule is COC(=O)[C@@H](Cc1ccc(Br)cc1)NC(=O)[C@@H](Cc1cccc(F)c1)NC(C)=O. The highest BCUT2D eigenvalue weighted by atomic mass is 79.9. The summed E-state index contributed by atoms with van der Waals surface area (Å²) in [5.74, 6) is -2.01. The molecule has 0 aliphatic rings. The number of hydrogen-bond acceptors (Lipinski definition) is 4. The van der Waals surface area contributed by atoms with E-state index in [1.54, 1.807) is 6.07 Å². The molecule has 2 N–H and O–H groups in total. The molecular formula is C21H22BrFN2O4. The van der Waals surface area contributed by atoms with E-state index in [1.807, 2.05) is 24.3 Å². The van der Waals surface area contributed by atoms with Crippen LogP contribution >= 0.6 is 15.9 Å². The summed E-state index contributed by atoms with van der Waals surface area (Å²) in [5.41, 5.74) is 1.37. The van der Waals surface area contributed by atoms with Crippen LogP contribution < -0.4 is 10.6 Å². The molecule has 0 fully saturated rings. The smallest absolute Gasteiger partial charge is 0.328 e. The number of halogens is 2. The fourth-order valence-electron chi connectivity index (χ4n) is 2.82. The lowest BCUT2D eigenvalue weighted by Gasteiger charge is -2.22. The molecule has 0 spiro atoms. The minimum atomic E-state index is -0.966. The van der Waals surface area contributed by atoms with Crippen LogP contribution in [0.3, 0.4) is 0 Å². The van der Waals surface area contributed by atoms with Crippen LogP contribution in [0.5, 0.6) is 0 Å². The molecule has 0 radical (unpaired) electrons. The van der Waals surface area contributed by atoms with E-state index >= 15 is 0 Å².